The number of phosphoric ester groups is 1. The number of imidazole rings is 1. The molecule has 1 aliphatic heterocycles. The topological polar surface area (TPSA) is 209 Å². The van der Waals surface area contributed by atoms with Crippen LogP contribution < -0.4 is 10.9 Å². The molecule has 0 aromatic carbocycles. The summed E-state index contributed by atoms with van der Waals surface area (Å²) in [5, 5.41) is 23.0. The van der Waals surface area contributed by atoms with Gasteiger partial charge in [0, 0.05) is 12.6 Å². The van der Waals surface area contributed by atoms with Crippen LogP contribution in [0.3, 0.4) is 0 Å². The lowest BCUT2D eigenvalue weighted by atomic mass is 10.1. The van der Waals surface area contributed by atoms with Crippen molar-refractivity contribution in [1.29, 1.82) is 0 Å². The summed E-state index contributed by atoms with van der Waals surface area (Å²) in [5.41, 5.74) is -0.665. The van der Waals surface area contributed by atoms with Crippen LogP contribution in [0.4, 0.5) is 5.95 Å². The lowest BCUT2D eigenvalue weighted by Crippen LogP contribution is -2.33. The van der Waals surface area contributed by atoms with Crippen LogP contribution in [0.5, 0.6) is 0 Å². The van der Waals surface area contributed by atoms with Crippen LogP contribution in [-0.4, -0.2) is 76.9 Å². The second kappa shape index (κ2) is 7.91. The molecule has 2 aromatic heterocycles. The molecule has 0 bridgehead atoms. The second-order valence-electron chi connectivity index (χ2n) is 5.77. The summed E-state index contributed by atoms with van der Waals surface area (Å²) in [6, 6.07) is 0. The SMILES string of the molecule is O=C=CCNc1nc2c(ncn2[C@@H]2O[C@H](COP(=O)(O)O)[C@@H](O)[C@H]2O)c(=O)[nH]1. The number of H-pyrrole nitrogens is 1. The third kappa shape index (κ3) is 4.19. The van der Waals surface area contributed by atoms with Crippen LogP contribution in [0.15, 0.2) is 17.2 Å². The number of aliphatic hydroxyl groups excluding tert-OH is 2. The van der Waals surface area contributed by atoms with E-state index in [1.165, 1.54) is 4.57 Å². The van der Waals surface area contributed by atoms with Gasteiger partial charge in [-0.1, -0.05) is 0 Å². The number of rotatable bonds is 7. The highest BCUT2D eigenvalue weighted by molar-refractivity contribution is 7.46. The van der Waals surface area contributed by atoms with Gasteiger partial charge in [-0.2, -0.15) is 4.98 Å². The van der Waals surface area contributed by atoms with Crippen LogP contribution in [0.2, 0.25) is 0 Å². The van der Waals surface area contributed by atoms with E-state index in [1.807, 2.05) is 0 Å². The number of aliphatic hydroxyl groups is 2. The van der Waals surface area contributed by atoms with Gasteiger partial charge in [0.05, 0.1) is 12.9 Å². The molecule has 0 unspecified atom stereocenters. The molecule has 4 atom stereocenters. The zero-order valence-electron chi connectivity index (χ0n) is 14.0. The molecule has 1 fully saturated rings. The minimum Gasteiger partial charge on any atom is -0.387 e. The van der Waals surface area contributed by atoms with Crippen molar-refractivity contribution in [3.63, 3.8) is 0 Å². The fourth-order valence-corrected chi connectivity index (χ4v) is 2.99. The molecular weight excluding hydrogens is 401 g/mol. The fourth-order valence-electron chi connectivity index (χ4n) is 2.65. The quantitative estimate of drug-likeness (QED) is 0.207. The molecule has 0 amide bonds. The predicted octanol–water partition coefficient (Wildman–Crippen LogP) is -2.35. The third-order valence-corrected chi connectivity index (χ3v) is 4.39. The minimum atomic E-state index is -4.80. The van der Waals surface area contributed by atoms with Crippen molar-refractivity contribution in [1.82, 2.24) is 19.5 Å². The first kappa shape index (κ1) is 20.3. The third-order valence-electron chi connectivity index (χ3n) is 3.91. The smallest absolute Gasteiger partial charge is 0.387 e. The Morgan fingerprint density at radius 1 is 1.43 bits per heavy atom. The first-order valence-corrected chi connectivity index (χ1v) is 9.36. The molecule has 0 radical (unpaired) electrons. The van der Waals surface area contributed by atoms with Gasteiger partial charge in [-0.3, -0.25) is 18.9 Å². The van der Waals surface area contributed by atoms with Crippen molar-refractivity contribution in [2.45, 2.75) is 24.5 Å². The average Bonchev–Trinajstić information content (AvgIpc) is 3.15. The lowest BCUT2D eigenvalue weighted by Gasteiger charge is -2.16. The van der Waals surface area contributed by atoms with E-state index in [2.05, 4.69) is 24.8 Å². The Labute approximate surface area is 155 Å². The van der Waals surface area contributed by atoms with Gasteiger partial charge in [0.25, 0.3) is 5.56 Å². The normalized spacial score (nSPS) is 25.0. The van der Waals surface area contributed by atoms with E-state index in [4.69, 9.17) is 14.5 Å². The van der Waals surface area contributed by atoms with Gasteiger partial charge < -0.3 is 30.1 Å². The van der Waals surface area contributed by atoms with Crippen molar-refractivity contribution in [2.24, 2.45) is 0 Å². The first-order chi connectivity index (χ1) is 13.2. The number of aromatic nitrogens is 4. The van der Waals surface area contributed by atoms with Crippen molar-refractivity contribution in [3.05, 3.63) is 22.8 Å². The van der Waals surface area contributed by atoms with Crippen molar-refractivity contribution in [2.75, 3.05) is 18.5 Å². The molecule has 3 heterocycles. The second-order valence-corrected chi connectivity index (χ2v) is 7.01. The van der Waals surface area contributed by atoms with E-state index in [-0.39, 0.29) is 23.7 Å². The Bertz CT molecular complexity index is 1010. The number of carbonyl (C=O) groups excluding carboxylic acids is 1. The number of hydrogen-bond acceptors (Lipinski definition) is 10. The Morgan fingerprint density at radius 2 is 2.18 bits per heavy atom. The number of aromatic amines is 1. The zero-order chi connectivity index (χ0) is 20.5. The fraction of sp³-hybridized carbons (Fsp3) is 0.462. The highest BCUT2D eigenvalue weighted by Crippen LogP contribution is 2.38. The van der Waals surface area contributed by atoms with E-state index >= 15 is 0 Å². The largest absolute Gasteiger partial charge is 0.469 e. The monoisotopic (exact) mass is 417 g/mol. The standard InChI is InChI=1S/C13H16N5O9P/c19-3-1-2-14-13-16-10-7(11(22)17-13)15-5-18(10)12-9(21)8(20)6(27-12)4-26-28(23,24)25/h1,5-6,8-9,12,20-21H,2,4H2,(H2,23,24,25)(H2,14,16,17,22)/t6-,8-,9-,12-/m1/s1. The summed E-state index contributed by atoms with van der Waals surface area (Å²) in [6.07, 6.45) is -3.24. The summed E-state index contributed by atoms with van der Waals surface area (Å²) in [5.74, 6) is 1.57. The van der Waals surface area contributed by atoms with Gasteiger partial charge in [0.2, 0.25) is 5.95 Å². The highest BCUT2D eigenvalue weighted by Gasteiger charge is 2.45. The molecule has 15 heteroatoms. The average molecular weight is 417 g/mol. The van der Waals surface area contributed by atoms with E-state index < -0.39 is 44.5 Å². The maximum absolute atomic E-state index is 12.1. The maximum Gasteiger partial charge on any atom is 0.469 e. The molecule has 3 rings (SSSR count). The summed E-state index contributed by atoms with van der Waals surface area (Å²) >= 11 is 0. The number of ether oxygens (including phenoxy) is 1. The zero-order valence-corrected chi connectivity index (χ0v) is 14.9. The Balaban J connectivity index is 1.89. The van der Waals surface area contributed by atoms with E-state index in [0.717, 1.165) is 12.4 Å². The lowest BCUT2D eigenvalue weighted by molar-refractivity contribution is -0.0503. The number of anilines is 1. The van der Waals surface area contributed by atoms with Crippen LogP contribution >= 0.6 is 7.82 Å². The minimum absolute atomic E-state index is 0.00846. The van der Waals surface area contributed by atoms with Crippen LogP contribution in [0.1, 0.15) is 6.23 Å². The molecule has 1 saturated heterocycles. The van der Waals surface area contributed by atoms with Gasteiger partial charge in [-0.05, 0) is 0 Å². The molecule has 0 spiro atoms. The number of nitrogens with zero attached hydrogens (tertiary/aromatic N) is 3. The van der Waals surface area contributed by atoms with E-state index in [1.54, 1.807) is 5.94 Å². The maximum atomic E-state index is 12.1. The van der Waals surface area contributed by atoms with Crippen LogP contribution in [-0.2, 0) is 18.6 Å². The first-order valence-electron chi connectivity index (χ1n) is 7.83. The van der Waals surface area contributed by atoms with Gasteiger partial charge in [-0.25, -0.2) is 14.3 Å². The van der Waals surface area contributed by atoms with Crippen molar-refractivity contribution < 1.29 is 38.6 Å². The van der Waals surface area contributed by atoms with Crippen molar-refractivity contribution >= 4 is 30.9 Å². The number of phosphoric acid groups is 1. The van der Waals surface area contributed by atoms with Crippen LogP contribution in [0.25, 0.3) is 11.2 Å². The highest BCUT2D eigenvalue weighted by atomic mass is 31.2. The van der Waals surface area contributed by atoms with Crippen molar-refractivity contribution in [3.8, 4) is 0 Å². The Hall–Kier alpha value is -2.41. The summed E-state index contributed by atoms with van der Waals surface area (Å²) < 4.78 is 21.8. The molecule has 0 saturated carbocycles. The van der Waals surface area contributed by atoms with Gasteiger partial charge in [0.15, 0.2) is 17.4 Å². The Morgan fingerprint density at radius 3 is 2.86 bits per heavy atom. The molecule has 6 N–H and O–H groups in total. The number of fused-ring (bicyclic) bond motifs is 1. The van der Waals surface area contributed by atoms with Crippen LogP contribution in [0, 0.1) is 0 Å². The molecule has 14 nitrogen and oxygen atoms in total. The summed E-state index contributed by atoms with van der Waals surface area (Å²) in [4.78, 5) is 50.3. The molecule has 1 aliphatic rings. The molecule has 152 valence electrons. The van der Waals surface area contributed by atoms with Gasteiger partial charge >= 0.3 is 7.82 Å². The Kier molecular flexibility index (Phi) is 5.74. The summed E-state index contributed by atoms with van der Waals surface area (Å²) in [7, 11) is -4.80. The summed E-state index contributed by atoms with van der Waals surface area (Å²) in [6.45, 7) is -0.625. The molecule has 0 aliphatic carbocycles. The van der Waals surface area contributed by atoms with Gasteiger partial charge in [0.1, 0.15) is 24.3 Å². The van der Waals surface area contributed by atoms with Gasteiger partial charge in [-0.15, -0.1) is 0 Å². The predicted molar refractivity (Wildman–Crippen MR) is 90.8 cm³/mol. The molecular formula is C13H16N5O9P. The van der Waals surface area contributed by atoms with E-state index in [9.17, 15) is 24.4 Å². The molecule has 28 heavy (non-hydrogen) atoms. The molecule has 2 aromatic rings. The number of nitrogens with one attached hydrogen (secondary N) is 2. The van der Waals surface area contributed by atoms with E-state index in [0.29, 0.717) is 0 Å². The number of hydrogen-bond donors (Lipinski definition) is 6.